The van der Waals surface area contributed by atoms with Crippen LogP contribution in [0.1, 0.15) is 290 Å². The maximum atomic E-state index is 2.78. The van der Waals surface area contributed by atoms with Crippen molar-refractivity contribution in [3.05, 3.63) is 304 Å². The molecule has 0 radical (unpaired) electrons. The minimum atomic E-state index is -0.369. The highest BCUT2D eigenvalue weighted by atomic mass is 15.2. The summed E-state index contributed by atoms with van der Waals surface area (Å²) in [4.78, 5) is 5.56. The Kier molecular flexibility index (Phi) is 20.7. The number of fused-ring (bicyclic) bond motifs is 10. The molecule has 13 aromatic carbocycles. The average Bonchev–Trinajstić information content (AvgIpc) is 0.982. The van der Waals surface area contributed by atoms with E-state index in [1.807, 2.05) is 0 Å². The molecule has 5 heteroatoms. The molecule has 2 aromatic heterocycles. The summed E-state index contributed by atoms with van der Waals surface area (Å²) < 4.78 is 5.20. The third kappa shape index (κ3) is 15.8. The van der Waals surface area contributed by atoms with Crippen LogP contribution in [0.15, 0.2) is 243 Å². The van der Waals surface area contributed by atoms with Gasteiger partial charge in [0.05, 0.1) is 33.4 Å². The highest BCUT2D eigenvalue weighted by Crippen LogP contribution is 2.55. The monoisotopic (exact) mass is 1670 g/mol. The van der Waals surface area contributed by atoms with E-state index in [0.717, 1.165) is 34.1 Å². The summed E-state index contributed by atoms with van der Waals surface area (Å²) in [6.45, 7) is 77.9. The van der Waals surface area contributed by atoms with Gasteiger partial charge >= 0.3 is 0 Å². The Labute approximate surface area is 762 Å². The van der Waals surface area contributed by atoms with Gasteiger partial charge in [0.2, 0.25) is 0 Å². The van der Waals surface area contributed by atoms with Crippen molar-refractivity contribution in [2.75, 3.05) is 9.80 Å². The zero-order valence-electron chi connectivity index (χ0n) is 83.0. The second kappa shape index (κ2) is 29.9. The van der Waals surface area contributed by atoms with Gasteiger partial charge in [-0.15, -0.1) is 0 Å². The zero-order chi connectivity index (χ0) is 91.6. The van der Waals surface area contributed by atoms with E-state index in [-0.39, 0.29) is 66.3 Å². The Balaban J connectivity index is 1.08. The maximum Gasteiger partial charge on any atom is 0.252 e. The highest BCUT2D eigenvalue weighted by Gasteiger charge is 2.47. The van der Waals surface area contributed by atoms with Crippen LogP contribution in [0.2, 0.25) is 0 Å². The van der Waals surface area contributed by atoms with Crippen molar-refractivity contribution in [2.24, 2.45) is 0 Å². The quantitative estimate of drug-likeness (QED) is 0.141. The summed E-state index contributed by atoms with van der Waals surface area (Å²) in [7, 11) is 0. The molecular weight excluding hydrogens is 1530 g/mol. The molecule has 0 bridgehead atoms. The summed E-state index contributed by atoms with van der Waals surface area (Å²) >= 11 is 0. The molecule has 2 aliphatic heterocycles. The fraction of sp³-hybridized carbons (Fsp3) is 0.361. The van der Waals surface area contributed by atoms with Gasteiger partial charge in [-0.05, 0) is 268 Å². The topological polar surface area (TPSA) is 16.3 Å². The van der Waals surface area contributed by atoms with Gasteiger partial charge in [-0.1, -0.05) is 374 Å². The Morgan fingerprint density at radius 2 is 0.465 bits per heavy atom. The predicted octanol–water partition coefficient (Wildman–Crippen LogP) is 32.9. The molecule has 0 unspecified atom stereocenters. The van der Waals surface area contributed by atoms with Crippen molar-refractivity contribution in [3.63, 3.8) is 0 Å². The lowest BCUT2D eigenvalue weighted by Gasteiger charge is -2.46. The van der Waals surface area contributed by atoms with E-state index in [9.17, 15) is 0 Å². The van der Waals surface area contributed by atoms with Crippen LogP contribution in [-0.2, 0) is 59.6 Å². The van der Waals surface area contributed by atoms with Crippen LogP contribution >= 0.6 is 0 Å². The normalized spacial score (nSPS) is 14.0. The van der Waals surface area contributed by atoms with Gasteiger partial charge in [-0.25, -0.2) is 0 Å². The van der Waals surface area contributed by atoms with E-state index < -0.39 is 0 Å². The third-order valence-electron chi connectivity index (χ3n) is 28.0. The van der Waals surface area contributed by atoms with Crippen molar-refractivity contribution in [2.45, 2.75) is 288 Å². The van der Waals surface area contributed by atoms with Crippen molar-refractivity contribution in [1.82, 2.24) is 9.13 Å². The molecule has 0 N–H and O–H groups in total. The minimum absolute atomic E-state index is 0.0764. The third-order valence-corrected chi connectivity index (χ3v) is 28.0. The lowest BCUT2D eigenvalue weighted by Crippen LogP contribution is -2.61. The van der Waals surface area contributed by atoms with E-state index in [1.54, 1.807) is 0 Å². The predicted molar refractivity (Wildman–Crippen MR) is 557 cm³/mol. The Morgan fingerprint density at radius 3 is 0.756 bits per heavy atom. The van der Waals surface area contributed by atoms with E-state index in [0.29, 0.717) is 0 Å². The number of benzene rings is 13. The van der Waals surface area contributed by atoms with Crippen molar-refractivity contribution in [3.8, 4) is 55.9 Å². The van der Waals surface area contributed by atoms with Crippen LogP contribution in [0.4, 0.5) is 34.1 Å². The number of hydrogen-bond acceptors (Lipinski definition) is 2. The van der Waals surface area contributed by atoms with Gasteiger partial charge in [0.1, 0.15) is 0 Å². The number of hydrogen-bond donors (Lipinski definition) is 0. The Hall–Kier alpha value is -10.9. The molecule has 0 saturated heterocycles. The molecule has 0 fully saturated rings. The molecule has 2 aliphatic rings. The standard InChI is InChI=1S/C122H139BN4/c1-112(2,3)78-38-34-36-74(60-78)89-50-40-76(91-64-80(114(7,8)9)42-52-97(91)121(28,29)30)62-105(89)126-107-72-87(124-101-56-44-82(116(13,14)15)66-93(101)94-67-83(117(16,17)18)45-57-102(94)124)48-54-99(107)123-100-55-49-88(125-103-58-46-84(118(19,20)21)68-95(103)96-69-85(119(22,23)24)47-59-104(96)125)73-108(100)127(110-71-86(120(25,26)27)70-109(126)111(110)123)106-63-77(41-51-90(106)75-37-35-39-79(61-75)113(4,5)6)92-65-81(115(10,11)12)43-53-98(92)122(31,32)33/h34-73H,1-33H3. The van der Waals surface area contributed by atoms with Crippen LogP contribution in [-0.4, -0.2) is 15.8 Å². The largest absolute Gasteiger partial charge is 0.311 e. The fourth-order valence-corrected chi connectivity index (χ4v) is 20.0. The summed E-state index contributed by atoms with van der Waals surface area (Å²) in [5, 5.41) is 5.07. The first-order valence-electron chi connectivity index (χ1n) is 47.0. The first-order chi connectivity index (χ1) is 58.9. The Morgan fingerprint density at radius 1 is 0.189 bits per heavy atom. The van der Waals surface area contributed by atoms with Crippen LogP contribution in [0.5, 0.6) is 0 Å². The van der Waals surface area contributed by atoms with Crippen molar-refractivity contribution >= 4 is 101 Å². The summed E-state index contributed by atoms with van der Waals surface area (Å²) in [5.41, 5.74) is 40.0. The summed E-state index contributed by atoms with van der Waals surface area (Å²) in [5.74, 6) is 0. The van der Waals surface area contributed by atoms with Gasteiger partial charge in [-0.2, -0.15) is 0 Å². The lowest BCUT2D eigenvalue weighted by molar-refractivity contribution is 0.578. The molecule has 17 rings (SSSR count). The van der Waals surface area contributed by atoms with Gasteiger partial charge in [0.25, 0.3) is 6.71 Å². The van der Waals surface area contributed by atoms with Crippen molar-refractivity contribution in [1.29, 1.82) is 0 Å². The summed E-state index contributed by atoms with van der Waals surface area (Å²) in [6, 6.07) is 98.6. The minimum Gasteiger partial charge on any atom is -0.311 e. The van der Waals surface area contributed by atoms with E-state index in [2.05, 4.69) is 490 Å². The molecule has 0 atom stereocenters. The fourth-order valence-electron chi connectivity index (χ4n) is 20.0. The smallest absolute Gasteiger partial charge is 0.252 e. The zero-order valence-corrected chi connectivity index (χ0v) is 83.0. The second-order valence-electron chi connectivity index (χ2n) is 49.0. The van der Waals surface area contributed by atoms with Gasteiger partial charge < -0.3 is 18.9 Å². The van der Waals surface area contributed by atoms with Crippen LogP contribution < -0.4 is 26.2 Å². The van der Waals surface area contributed by atoms with Crippen LogP contribution in [0.25, 0.3) is 99.5 Å². The van der Waals surface area contributed by atoms with Crippen LogP contribution in [0.3, 0.4) is 0 Å². The number of rotatable bonds is 8. The summed E-state index contributed by atoms with van der Waals surface area (Å²) in [6.07, 6.45) is 0. The highest BCUT2D eigenvalue weighted by molar-refractivity contribution is 7.00. The molecule has 650 valence electrons. The SMILES string of the molecule is CC(C)(C)c1cccc(-c2ccc(-c3cc(C(C)(C)C)ccc3C(C)(C)C)cc2N2c3cc(-n4c5ccc(C(C)(C)C)cc5c5cc(C(C)(C)C)ccc54)ccc3B3c4ccc(-n5c6ccc(C(C)(C)C)cc6c6cc(C(C)(C)C)ccc65)cc4N(c4cc(-c5cc(C(C)(C)C)ccc5C(C)(C)C)ccc4-c4cccc(C(C)(C)C)c4)c4cc(C(C)(C)C)cc2c43)c1. The van der Waals surface area contributed by atoms with E-state index in [1.165, 1.54) is 177 Å². The van der Waals surface area contributed by atoms with Gasteiger partial charge in [0.15, 0.2) is 0 Å². The molecule has 0 spiro atoms. The first-order valence-corrected chi connectivity index (χ1v) is 47.0. The lowest BCUT2D eigenvalue weighted by atomic mass is 9.33. The maximum absolute atomic E-state index is 2.78. The number of aromatic nitrogens is 2. The second-order valence-corrected chi connectivity index (χ2v) is 49.0. The number of nitrogens with zero attached hydrogens (tertiary/aromatic N) is 4. The molecule has 15 aromatic rings. The molecular formula is C122H139BN4. The van der Waals surface area contributed by atoms with Crippen LogP contribution in [0, 0.1) is 0 Å². The van der Waals surface area contributed by atoms with Gasteiger partial charge in [-0.3, -0.25) is 0 Å². The Bertz CT molecular complexity index is 6410. The molecule has 127 heavy (non-hydrogen) atoms. The van der Waals surface area contributed by atoms with Crippen molar-refractivity contribution < 1.29 is 0 Å². The number of anilines is 6. The first kappa shape index (κ1) is 88.2. The molecule has 4 nitrogen and oxygen atoms in total. The van der Waals surface area contributed by atoms with Gasteiger partial charge in [0, 0.05) is 66.8 Å². The molecule has 0 amide bonds. The van der Waals surface area contributed by atoms with E-state index in [4.69, 9.17) is 0 Å². The molecule has 0 saturated carbocycles. The molecule has 4 heterocycles. The van der Waals surface area contributed by atoms with E-state index >= 15 is 0 Å². The molecule has 0 aliphatic carbocycles. The average molecular weight is 1670 g/mol.